The van der Waals surface area contributed by atoms with Crippen LogP contribution in [0.3, 0.4) is 0 Å². The molecule has 0 spiro atoms. The van der Waals surface area contributed by atoms with Gasteiger partial charge in [-0.2, -0.15) is 0 Å². The van der Waals surface area contributed by atoms with E-state index in [1.54, 1.807) is 13.2 Å². The molecule has 0 saturated carbocycles. The fourth-order valence-electron chi connectivity index (χ4n) is 8.45. The largest absolute Gasteiger partial charge is 0.508 e. The summed E-state index contributed by atoms with van der Waals surface area (Å²) < 4.78 is 18.3. The summed E-state index contributed by atoms with van der Waals surface area (Å²) in [5, 5.41) is 27.3. The summed E-state index contributed by atoms with van der Waals surface area (Å²) in [6.07, 6.45) is 18.6. The fraction of sp³-hybridized carbons (Fsp3) is 0.367. The average Bonchev–Trinajstić information content (AvgIpc) is 3.19. The number of unbranched alkanes of at least 4 members (excludes halogenated alkanes) is 1. The number of rotatable bonds is 10. The minimum atomic E-state index is -0.470. The van der Waals surface area contributed by atoms with Crippen molar-refractivity contribution in [2.75, 3.05) is 19.0 Å². The second-order valence-corrected chi connectivity index (χ2v) is 15.4. The Morgan fingerprint density at radius 2 is 1.88 bits per heavy atom. The first-order valence-corrected chi connectivity index (χ1v) is 20.1. The summed E-state index contributed by atoms with van der Waals surface area (Å²) in [5.41, 5.74) is 7.38. The lowest BCUT2D eigenvalue weighted by atomic mass is 9.80. The molecule has 2 aliphatic carbocycles. The van der Waals surface area contributed by atoms with Crippen molar-refractivity contribution in [2.45, 2.75) is 90.3 Å². The highest BCUT2D eigenvalue weighted by Gasteiger charge is 2.27. The van der Waals surface area contributed by atoms with Crippen molar-refractivity contribution in [2.24, 2.45) is 11.8 Å². The van der Waals surface area contributed by atoms with E-state index in [0.717, 1.165) is 76.5 Å². The fourth-order valence-corrected chi connectivity index (χ4v) is 8.45. The number of anilines is 1. The van der Waals surface area contributed by atoms with E-state index in [-0.39, 0.29) is 47.9 Å². The molecule has 0 unspecified atom stereocenters. The van der Waals surface area contributed by atoms with Gasteiger partial charge in [0.15, 0.2) is 11.5 Å². The van der Waals surface area contributed by atoms with Gasteiger partial charge in [-0.05, 0) is 132 Å². The zero-order valence-corrected chi connectivity index (χ0v) is 32.8. The predicted molar refractivity (Wildman–Crippen MR) is 224 cm³/mol. The molecule has 4 aliphatic rings. The standard InChI is InChI=1S/C49H53NO6/c1-4-50-38-12-7-10-33(25-38)9-5-6-11-35-17-20-39(51)27-37(35)28-41-29-40(52)19-15-34-16-23-47(54-3)48(26-34)56-31-36-18-22-44-43(13-8-24-55-41)46(53)30-45-32(2)14-21-42(36)49(44)45/h7,10,12,14,16-18,20-23,25-27,30,32,35,37,41,50-51,53H,4-6,9,11,13,15,19,28-29,31H2,1-3H3/t32-,35-,37+,41-/m1/s1. The number of aryl methyl sites for hydroxylation is 2. The molecule has 56 heavy (non-hydrogen) atoms. The van der Waals surface area contributed by atoms with Gasteiger partial charge in [0, 0.05) is 43.0 Å². The van der Waals surface area contributed by atoms with Gasteiger partial charge in [-0.3, -0.25) is 4.79 Å². The summed E-state index contributed by atoms with van der Waals surface area (Å²) >= 11 is 0. The molecular weight excluding hydrogens is 699 g/mol. The third-order valence-corrected chi connectivity index (χ3v) is 11.5. The van der Waals surface area contributed by atoms with E-state index in [1.165, 1.54) is 5.56 Å². The normalized spacial score (nSPS) is 20.6. The summed E-state index contributed by atoms with van der Waals surface area (Å²) in [5.74, 6) is 5.31. The van der Waals surface area contributed by atoms with Gasteiger partial charge in [-0.1, -0.05) is 67.8 Å². The smallest absolute Gasteiger partial charge is 0.161 e. The third-order valence-electron chi connectivity index (χ3n) is 11.5. The number of aromatic hydroxyl groups is 1. The van der Waals surface area contributed by atoms with Gasteiger partial charge in [0.25, 0.3) is 0 Å². The van der Waals surface area contributed by atoms with Crippen LogP contribution in [-0.4, -0.2) is 35.8 Å². The minimum absolute atomic E-state index is 0.00618. The Bertz CT molecular complexity index is 2220. The van der Waals surface area contributed by atoms with Gasteiger partial charge in [-0.15, -0.1) is 0 Å². The molecule has 0 radical (unpaired) electrons. The molecule has 2 heterocycles. The predicted octanol–water partition coefficient (Wildman–Crippen LogP) is 10.5. The number of hydrogen-bond donors (Lipinski definition) is 3. The number of aliphatic hydroxyl groups is 1. The monoisotopic (exact) mass is 751 g/mol. The van der Waals surface area contributed by atoms with E-state index >= 15 is 0 Å². The number of methoxy groups -OCH3 is 1. The summed E-state index contributed by atoms with van der Waals surface area (Å²) in [6.45, 7) is 5.47. The maximum atomic E-state index is 13.6. The number of benzene rings is 4. The van der Waals surface area contributed by atoms with E-state index in [1.807, 2.05) is 30.3 Å². The first-order valence-electron chi connectivity index (χ1n) is 20.1. The van der Waals surface area contributed by atoms with Crippen LogP contribution in [0.25, 0.3) is 16.8 Å². The van der Waals surface area contributed by atoms with Crippen LogP contribution in [-0.2, 0) is 35.4 Å². The van der Waals surface area contributed by atoms with Crippen LogP contribution in [0.4, 0.5) is 5.69 Å². The second kappa shape index (κ2) is 17.9. The van der Waals surface area contributed by atoms with E-state index < -0.39 is 6.10 Å². The molecule has 0 fully saturated rings. The maximum Gasteiger partial charge on any atom is 0.161 e. The quantitative estimate of drug-likeness (QED) is 0.110. The Balaban J connectivity index is 1.13. The maximum absolute atomic E-state index is 13.6. The van der Waals surface area contributed by atoms with Crippen LogP contribution in [0.15, 0.2) is 90.7 Å². The SMILES string of the molecule is CCNc1cccc(CCCC[C@@H]2C=CC(O)=C[C@H]2C[C@@H]2CC(=O)CCc3ccc(OC)c(c3)OCc3ccc4c(c(O)cc5c4c3C=C[C@H]5C)CC#CO2)c1. The Morgan fingerprint density at radius 1 is 0.982 bits per heavy atom. The highest BCUT2D eigenvalue weighted by Crippen LogP contribution is 2.42. The Labute approximate surface area is 331 Å². The number of nitrogens with one attached hydrogen (secondary N) is 1. The Morgan fingerprint density at radius 3 is 2.73 bits per heavy atom. The molecule has 0 amide bonds. The zero-order valence-electron chi connectivity index (χ0n) is 32.8. The molecule has 6 bridgehead atoms. The van der Waals surface area contributed by atoms with Gasteiger partial charge in [-0.25, -0.2) is 0 Å². The Hall–Kier alpha value is -5.61. The molecule has 0 saturated heterocycles. The van der Waals surface area contributed by atoms with Crippen LogP contribution in [0.1, 0.15) is 91.7 Å². The highest BCUT2D eigenvalue weighted by atomic mass is 16.5. The summed E-state index contributed by atoms with van der Waals surface area (Å²) in [6, 6.07) is 20.5. The van der Waals surface area contributed by atoms with Gasteiger partial charge < -0.3 is 29.7 Å². The Kier molecular flexibility index (Phi) is 12.4. The lowest BCUT2D eigenvalue weighted by Gasteiger charge is -2.28. The minimum Gasteiger partial charge on any atom is -0.508 e. The van der Waals surface area contributed by atoms with Crippen LogP contribution >= 0.6 is 0 Å². The lowest BCUT2D eigenvalue weighted by molar-refractivity contribution is -0.121. The molecule has 7 heteroatoms. The van der Waals surface area contributed by atoms with Gasteiger partial charge in [0.2, 0.25) is 0 Å². The first-order chi connectivity index (χ1) is 27.3. The molecule has 4 atom stereocenters. The van der Waals surface area contributed by atoms with Crippen molar-refractivity contribution >= 4 is 28.3 Å². The number of phenolic OH excluding ortho intramolecular Hbond substituents is 1. The molecule has 3 N–H and O–H groups in total. The number of fused-ring (bicyclic) bond motifs is 9. The average molecular weight is 752 g/mol. The number of Topliss-reactive ketones (excluding diaryl/α,β-unsaturated/α-hetero) is 1. The van der Waals surface area contributed by atoms with Crippen molar-refractivity contribution in [1.82, 2.24) is 0 Å². The van der Waals surface area contributed by atoms with Crippen molar-refractivity contribution in [3.63, 3.8) is 0 Å². The van der Waals surface area contributed by atoms with Crippen LogP contribution in [0.5, 0.6) is 17.2 Å². The number of hydrogen-bond acceptors (Lipinski definition) is 7. The molecular formula is C49H53NO6. The zero-order chi connectivity index (χ0) is 39.0. The van der Waals surface area contributed by atoms with Gasteiger partial charge >= 0.3 is 0 Å². The third kappa shape index (κ3) is 9.08. The summed E-state index contributed by atoms with van der Waals surface area (Å²) in [4.78, 5) is 13.6. The van der Waals surface area contributed by atoms with E-state index in [9.17, 15) is 15.0 Å². The van der Waals surface area contributed by atoms with E-state index in [4.69, 9.17) is 14.2 Å². The topological polar surface area (TPSA) is 97.3 Å². The van der Waals surface area contributed by atoms with Crippen molar-refractivity contribution in [3.05, 3.63) is 124 Å². The van der Waals surface area contributed by atoms with Crippen LogP contribution in [0, 0.1) is 23.9 Å². The van der Waals surface area contributed by atoms with Crippen LogP contribution < -0.4 is 14.8 Å². The number of carbonyl (C=O) groups is 1. The summed E-state index contributed by atoms with van der Waals surface area (Å²) in [7, 11) is 1.63. The van der Waals surface area contributed by atoms with Crippen molar-refractivity contribution in [3.8, 4) is 29.3 Å². The highest BCUT2D eigenvalue weighted by molar-refractivity contribution is 6.00. The number of aliphatic hydroxyl groups excluding tert-OH is 1. The van der Waals surface area contributed by atoms with Crippen molar-refractivity contribution < 1.29 is 29.2 Å². The molecule has 4 aromatic rings. The molecule has 290 valence electrons. The van der Waals surface area contributed by atoms with Gasteiger partial charge in [0.1, 0.15) is 36.1 Å². The number of ketones is 1. The molecule has 4 aromatic carbocycles. The van der Waals surface area contributed by atoms with Gasteiger partial charge in [0.05, 0.1) is 7.11 Å². The number of carbonyl (C=O) groups excluding carboxylic acids is 1. The number of ether oxygens (including phenoxy) is 3. The second-order valence-electron chi connectivity index (χ2n) is 15.4. The van der Waals surface area contributed by atoms with Crippen molar-refractivity contribution in [1.29, 1.82) is 0 Å². The lowest BCUT2D eigenvalue weighted by Crippen LogP contribution is -2.24. The first kappa shape index (κ1) is 38.7. The molecule has 0 aromatic heterocycles. The van der Waals surface area contributed by atoms with E-state index in [0.29, 0.717) is 37.4 Å². The number of allylic oxidation sites excluding steroid dienone is 4. The molecule has 8 rings (SSSR count). The molecule has 7 nitrogen and oxygen atoms in total. The van der Waals surface area contributed by atoms with E-state index in [2.05, 4.69) is 85.8 Å². The number of phenols is 1. The van der Waals surface area contributed by atoms with Crippen LogP contribution in [0.2, 0.25) is 0 Å². The molecule has 2 aliphatic heterocycles.